The molecule has 3 nitrogen and oxygen atoms in total. The van der Waals surface area contributed by atoms with Crippen LogP contribution in [0.15, 0.2) is 0 Å². The number of methoxy groups -OCH3 is 1. The van der Waals surface area contributed by atoms with Gasteiger partial charge >= 0.3 is 0 Å². The smallest absolute Gasteiger partial charge is 0.0781 e. The maximum Gasteiger partial charge on any atom is 0.0781 e. The van der Waals surface area contributed by atoms with Gasteiger partial charge in [0.15, 0.2) is 0 Å². The third-order valence-electron chi connectivity index (χ3n) is 1.68. The largest absolute Gasteiger partial charge is 0.379 e. The van der Waals surface area contributed by atoms with Crippen LogP contribution in [-0.4, -0.2) is 38.6 Å². The summed E-state index contributed by atoms with van der Waals surface area (Å²) < 4.78 is 16.0. The van der Waals surface area contributed by atoms with Crippen molar-refractivity contribution in [2.24, 2.45) is 0 Å². The van der Waals surface area contributed by atoms with Gasteiger partial charge in [-0.3, -0.25) is 0 Å². The predicted molar refractivity (Wildman–Crippen MR) is 53.0 cm³/mol. The normalized spacial score (nSPS) is 16.2. The number of rotatable bonds is 7. The third kappa shape index (κ3) is 8.22. The van der Waals surface area contributed by atoms with E-state index in [4.69, 9.17) is 14.2 Å². The molecule has 0 amide bonds. The van der Waals surface area contributed by atoms with Crippen LogP contribution in [0.1, 0.15) is 27.7 Å². The van der Waals surface area contributed by atoms with E-state index in [1.165, 1.54) is 0 Å². The summed E-state index contributed by atoms with van der Waals surface area (Å²) in [7, 11) is 1.68. The minimum atomic E-state index is 0.139. The molecule has 0 unspecified atom stereocenters. The summed E-state index contributed by atoms with van der Waals surface area (Å²) in [5.74, 6) is 0. The van der Waals surface area contributed by atoms with E-state index in [0.29, 0.717) is 13.2 Å². The van der Waals surface area contributed by atoms with Gasteiger partial charge in [-0.25, -0.2) is 0 Å². The molecule has 3 heteroatoms. The van der Waals surface area contributed by atoms with Crippen molar-refractivity contribution in [1.82, 2.24) is 0 Å². The van der Waals surface area contributed by atoms with Crippen LogP contribution in [-0.2, 0) is 14.2 Å². The van der Waals surface area contributed by atoms with Crippen molar-refractivity contribution in [2.75, 3.05) is 20.3 Å². The highest BCUT2D eigenvalue weighted by molar-refractivity contribution is 4.52. The van der Waals surface area contributed by atoms with Crippen LogP contribution in [0.2, 0.25) is 0 Å². The van der Waals surface area contributed by atoms with Gasteiger partial charge in [0.05, 0.1) is 31.5 Å². The molecule has 0 bridgehead atoms. The molecule has 0 N–H and O–H groups in total. The van der Waals surface area contributed by atoms with Gasteiger partial charge in [0.25, 0.3) is 0 Å². The summed E-state index contributed by atoms with van der Waals surface area (Å²) in [6, 6.07) is 0. The minimum Gasteiger partial charge on any atom is -0.379 e. The van der Waals surface area contributed by atoms with Crippen LogP contribution in [0.5, 0.6) is 0 Å². The Morgan fingerprint density at radius 2 is 1.38 bits per heavy atom. The van der Waals surface area contributed by atoms with Crippen molar-refractivity contribution < 1.29 is 14.2 Å². The molecule has 0 aliphatic rings. The van der Waals surface area contributed by atoms with Crippen LogP contribution in [0.25, 0.3) is 0 Å². The van der Waals surface area contributed by atoms with Gasteiger partial charge in [0, 0.05) is 7.11 Å². The van der Waals surface area contributed by atoms with Crippen molar-refractivity contribution in [3.63, 3.8) is 0 Å². The molecule has 0 radical (unpaired) electrons. The average molecular weight is 190 g/mol. The lowest BCUT2D eigenvalue weighted by Crippen LogP contribution is -2.23. The molecule has 0 heterocycles. The van der Waals surface area contributed by atoms with Gasteiger partial charge in [-0.05, 0) is 27.7 Å². The van der Waals surface area contributed by atoms with Crippen molar-refractivity contribution in [3.05, 3.63) is 0 Å². The molecule has 0 aromatic rings. The lowest BCUT2D eigenvalue weighted by atomic mass is 10.4. The SMILES string of the molecule is CO[C@H](C)CO[C@H](C)COC(C)C. The molecule has 0 saturated carbocycles. The van der Waals surface area contributed by atoms with Crippen LogP contribution >= 0.6 is 0 Å². The maximum absolute atomic E-state index is 5.50. The first-order valence-corrected chi connectivity index (χ1v) is 4.82. The Morgan fingerprint density at radius 3 is 1.85 bits per heavy atom. The van der Waals surface area contributed by atoms with Gasteiger partial charge in [-0.15, -0.1) is 0 Å². The molecular weight excluding hydrogens is 168 g/mol. The van der Waals surface area contributed by atoms with E-state index in [0.717, 1.165) is 0 Å². The van der Waals surface area contributed by atoms with Crippen LogP contribution in [0.4, 0.5) is 0 Å². The standard InChI is InChI=1S/C10H22O3/c1-8(2)12-7-10(4)13-6-9(3)11-5/h8-10H,6-7H2,1-5H3/t9-,10-/m1/s1. The molecule has 13 heavy (non-hydrogen) atoms. The Hall–Kier alpha value is -0.120. The first-order valence-electron chi connectivity index (χ1n) is 4.82. The zero-order chi connectivity index (χ0) is 10.3. The fraction of sp³-hybridized carbons (Fsp3) is 1.00. The predicted octanol–water partition coefficient (Wildman–Crippen LogP) is 1.85. The van der Waals surface area contributed by atoms with Gasteiger partial charge in [0.2, 0.25) is 0 Å². The van der Waals surface area contributed by atoms with Crippen LogP contribution in [0.3, 0.4) is 0 Å². The van der Waals surface area contributed by atoms with Crippen LogP contribution in [0, 0.1) is 0 Å². The van der Waals surface area contributed by atoms with E-state index in [-0.39, 0.29) is 18.3 Å². The van der Waals surface area contributed by atoms with E-state index in [1.807, 2.05) is 27.7 Å². The monoisotopic (exact) mass is 190 g/mol. The molecule has 0 fully saturated rings. The van der Waals surface area contributed by atoms with Gasteiger partial charge in [-0.2, -0.15) is 0 Å². The first-order chi connectivity index (χ1) is 6.06. The molecule has 0 aromatic carbocycles. The van der Waals surface area contributed by atoms with E-state index >= 15 is 0 Å². The zero-order valence-electron chi connectivity index (χ0n) is 9.37. The van der Waals surface area contributed by atoms with E-state index in [2.05, 4.69) is 0 Å². The van der Waals surface area contributed by atoms with Crippen molar-refractivity contribution in [2.45, 2.75) is 46.0 Å². The van der Waals surface area contributed by atoms with Crippen molar-refractivity contribution in [3.8, 4) is 0 Å². The average Bonchev–Trinajstić information content (AvgIpc) is 2.10. The first kappa shape index (κ1) is 12.9. The lowest BCUT2D eigenvalue weighted by Gasteiger charge is -2.17. The van der Waals surface area contributed by atoms with Gasteiger partial charge in [0.1, 0.15) is 0 Å². The second-order valence-corrected chi connectivity index (χ2v) is 3.57. The number of hydrogen-bond acceptors (Lipinski definition) is 3. The fourth-order valence-electron chi connectivity index (χ4n) is 0.744. The molecule has 0 saturated heterocycles. The Kier molecular flexibility index (Phi) is 7.23. The molecule has 0 aliphatic carbocycles. The van der Waals surface area contributed by atoms with E-state index in [9.17, 15) is 0 Å². The van der Waals surface area contributed by atoms with E-state index < -0.39 is 0 Å². The Bertz CT molecular complexity index is 115. The number of hydrogen-bond donors (Lipinski definition) is 0. The quantitative estimate of drug-likeness (QED) is 0.613. The van der Waals surface area contributed by atoms with E-state index in [1.54, 1.807) is 7.11 Å². The maximum atomic E-state index is 5.50. The third-order valence-corrected chi connectivity index (χ3v) is 1.68. The Balaban J connectivity index is 3.34. The second kappa shape index (κ2) is 7.30. The Labute approximate surface area is 81.4 Å². The summed E-state index contributed by atoms with van der Waals surface area (Å²) in [5.41, 5.74) is 0. The Morgan fingerprint density at radius 1 is 0.846 bits per heavy atom. The lowest BCUT2D eigenvalue weighted by molar-refractivity contribution is -0.0570. The van der Waals surface area contributed by atoms with Crippen molar-refractivity contribution >= 4 is 0 Å². The molecule has 2 atom stereocenters. The molecule has 0 rings (SSSR count). The second-order valence-electron chi connectivity index (χ2n) is 3.57. The zero-order valence-corrected chi connectivity index (χ0v) is 9.37. The highest BCUT2D eigenvalue weighted by Gasteiger charge is 2.06. The summed E-state index contributed by atoms with van der Waals surface area (Å²) in [4.78, 5) is 0. The topological polar surface area (TPSA) is 27.7 Å². The highest BCUT2D eigenvalue weighted by Crippen LogP contribution is 1.98. The highest BCUT2D eigenvalue weighted by atomic mass is 16.6. The summed E-state index contributed by atoms with van der Waals surface area (Å²) in [6.07, 6.45) is 0.562. The summed E-state index contributed by atoms with van der Waals surface area (Å²) in [6.45, 7) is 9.29. The van der Waals surface area contributed by atoms with Gasteiger partial charge < -0.3 is 14.2 Å². The van der Waals surface area contributed by atoms with Gasteiger partial charge in [-0.1, -0.05) is 0 Å². The minimum absolute atomic E-state index is 0.139. The van der Waals surface area contributed by atoms with Crippen molar-refractivity contribution in [1.29, 1.82) is 0 Å². The summed E-state index contributed by atoms with van der Waals surface area (Å²) >= 11 is 0. The van der Waals surface area contributed by atoms with Crippen LogP contribution < -0.4 is 0 Å². The molecule has 80 valence electrons. The number of ether oxygens (including phenoxy) is 3. The molecular formula is C10H22O3. The fourth-order valence-corrected chi connectivity index (χ4v) is 0.744. The molecule has 0 aromatic heterocycles. The molecule has 0 spiro atoms. The summed E-state index contributed by atoms with van der Waals surface area (Å²) in [5, 5.41) is 0. The molecule has 0 aliphatic heterocycles.